The Bertz CT molecular complexity index is 1520. The molecule has 0 amide bonds. The Kier molecular flexibility index (Phi) is 9.25. The highest BCUT2D eigenvalue weighted by Crippen LogP contribution is 2.45. The number of hydrogen-bond acceptors (Lipinski definition) is 8. The van der Waals surface area contributed by atoms with Gasteiger partial charge in [0.1, 0.15) is 30.4 Å². The summed E-state index contributed by atoms with van der Waals surface area (Å²) in [7, 11) is 3.25. The molecular weight excluding hydrogens is 546 g/mol. The molecule has 9 heteroatoms. The Labute approximate surface area is 251 Å². The van der Waals surface area contributed by atoms with Gasteiger partial charge in [-0.25, -0.2) is 4.79 Å². The molecule has 43 heavy (non-hydrogen) atoms. The van der Waals surface area contributed by atoms with Crippen LogP contribution in [0.1, 0.15) is 35.8 Å². The minimum absolute atomic E-state index is 0.0949. The molecule has 1 aromatic heterocycles. The predicted octanol–water partition coefficient (Wildman–Crippen LogP) is 4.28. The summed E-state index contributed by atoms with van der Waals surface area (Å²) in [6.45, 7) is 2.02. The molecule has 0 spiro atoms. The van der Waals surface area contributed by atoms with Gasteiger partial charge in [-0.2, -0.15) is 4.98 Å². The topological polar surface area (TPSA) is 107 Å². The van der Waals surface area contributed by atoms with Gasteiger partial charge in [0.25, 0.3) is 0 Å². The van der Waals surface area contributed by atoms with E-state index in [9.17, 15) is 4.79 Å². The first-order valence-electron chi connectivity index (χ1n) is 14.2. The third-order valence-electron chi connectivity index (χ3n) is 8.09. The van der Waals surface area contributed by atoms with Gasteiger partial charge in [-0.05, 0) is 29.7 Å². The normalized spacial score (nSPS) is 21.3. The molecule has 2 N–H and O–H groups in total. The van der Waals surface area contributed by atoms with E-state index in [1.165, 1.54) is 4.57 Å². The van der Waals surface area contributed by atoms with Gasteiger partial charge in [-0.1, -0.05) is 78.7 Å². The molecular formula is C34H37N3O6. The van der Waals surface area contributed by atoms with Gasteiger partial charge in [0.2, 0.25) is 0 Å². The molecule has 0 saturated carbocycles. The van der Waals surface area contributed by atoms with Crippen molar-refractivity contribution in [2.45, 2.75) is 49.6 Å². The van der Waals surface area contributed by atoms with E-state index in [0.29, 0.717) is 18.4 Å². The number of nitrogen functional groups attached to an aromatic ring is 1. The molecule has 1 fully saturated rings. The number of rotatable bonds is 11. The van der Waals surface area contributed by atoms with E-state index in [2.05, 4.69) is 17.0 Å². The van der Waals surface area contributed by atoms with E-state index < -0.39 is 35.5 Å². The van der Waals surface area contributed by atoms with Gasteiger partial charge in [-0.15, -0.1) is 6.42 Å². The van der Waals surface area contributed by atoms with Crippen LogP contribution in [-0.2, 0) is 29.3 Å². The number of terminal acetylenes is 1. The molecule has 224 valence electrons. The van der Waals surface area contributed by atoms with Gasteiger partial charge in [-0.3, -0.25) is 4.57 Å². The molecule has 3 atom stereocenters. The van der Waals surface area contributed by atoms with Crippen molar-refractivity contribution in [3.05, 3.63) is 118 Å². The number of nitrogens with two attached hydrogens (primary N) is 1. The first-order valence-corrected chi connectivity index (χ1v) is 14.2. The molecule has 2 aliphatic rings. The minimum atomic E-state index is -1.01. The van der Waals surface area contributed by atoms with Crippen molar-refractivity contribution in [1.29, 1.82) is 0 Å². The first kappa shape index (κ1) is 30.4. The van der Waals surface area contributed by atoms with Crippen LogP contribution in [0.15, 0.2) is 95.5 Å². The lowest BCUT2D eigenvalue weighted by atomic mass is 9.77. The van der Waals surface area contributed by atoms with Gasteiger partial charge in [0.15, 0.2) is 5.79 Å². The predicted molar refractivity (Wildman–Crippen MR) is 163 cm³/mol. The number of methoxy groups -OCH3 is 2. The zero-order valence-corrected chi connectivity index (χ0v) is 24.6. The summed E-state index contributed by atoms with van der Waals surface area (Å²) in [4.78, 5) is 16.7. The average Bonchev–Trinajstić information content (AvgIpc) is 3.46. The number of aromatic nitrogens is 2. The summed E-state index contributed by atoms with van der Waals surface area (Å²) in [5.41, 5.74) is 7.82. The molecule has 1 aliphatic heterocycles. The fourth-order valence-corrected chi connectivity index (χ4v) is 5.69. The highest BCUT2D eigenvalue weighted by atomic mass is 16.7. The second kappa shape index (κ2) is 13.1. The molecule has 5 rings (SSSR count). The summed E-state index contributed by atoms with van der Waals surface area (Å²) >= 11 is 0. The van der Waals surface area contributed by atoms with Crippen molar-refractivity contribution in [3.8, 4) is 12.3 Å². The summed E-state index contributed by atoms with van der Waals surface area (Å²) in [5, 5.41) is 0. The van der Waals surface area contributed by atoms with Crippen LogP contribution < -0.4 is 11.4 Å². The number of hydrogen-bond donors (Lipinski definition) is 1. The fraction of sp³-hybridized carbons (Fsp3) is 0.353. The van der Waals surface area contributed by atoms with E-state index in [1.54, 1.807) is 27.3 Å². The molecule has 0 bridgehead atoms. The molecule has 1 aliphatic carbocycles. The number of benzene rings is 2. The van der Waals surface area contributed by atoms with E-state index in [4.69, 9.17) is 35.8 Å². The van der Waals surface area contributed by atoms with Crippen molar-refractivity contribution in [3.63, 3.8) is 0 Å². The second-order valence-corrected chi connectivity index (χ2v) is 10.6. The van der Waals surface area contributed by atoms with E-state index in [0.717, 1.165) is 16.7 Å². The standard InChI is InChI=1S/C34H37N3O6/c1-5-20-41-28-21-30(37-22-24(2)31(35)36-32(37)38)43-29(28)23-42-34(25-12-8-6-9-13-25,26-14-10-7-11-15-26)27-16-18-33(39-3,40-4)19-17-27/h1,6-18,22,28-30H,19-21,23H2,2-4H3,(H2,35,36,38)/t28-,29+,30+/m0/s1. The largest absolute Gasteiger partial charge is 0.383 e. The van der Waals surface area contributed by atoms with Gasteiger partial charge in [0.05, 0.1) is 12.7 Å². The Morgan fingerprint density at radius 3 is 2.33 bits per heavy atom. The van der Waals surface area contributed by atoms with Crippen molar-refractivity contribution < 1.29 is 23.7 Å². The monoisotopic (exact) mass is 583 g/mol. The lowest BCUT2D eigenvalue weighted by Gasteiger charge is -2.40. The lowest BCUT2D eigenvalue weighted by molar-refractivity contribution is -0.168. The number of aryl methyl sites for hydroxylation is 1. The zero-order valence-electron chi connectivity index (χ0n) is 24.6. The maximum atomic E-state index is 12.8. The lowest BCUT2D eigenvalue weighted by Crippen LogP contribution is -2.40. The van der Waals surface area contributed by atoms with E-state index in [-0.39, 0.29) is 19.0 Å². The van der Waals surface area contributed by atoms with Crippen LogP contribution in [0.3, 0.4) is 0 Å². The summed E-state index contributed by atoms with van der Waals surface area (Å²) in [6.07, 6.45) is 12.4. The summed E-state index contributed by atoms with van der Waals surface area (Å²) in [6, 6.07) is 20.1. The second-order valence-electron chi connectivity index (χ2n) is 10.6. The van der Waals surface area contributed by atoms with E-state index >= 15 is 0 Å². The van der Waals surface area contributed by atoms with Crippen LogP contribution in [0.2, 0.25) is 0 Å². The van der Waals surface area contributed by atoms with Crippen molar-refractivity contribution in [1.82, 2.24) is 9.55 Å². The first-order chi connectivity index (χ1) is 20.9. The number of anilines is 1. The molecule has 9 nitrogen and oxygen atoms in total. The minimum Gasteiger partial charge on any atom is -0.383 e. The molecule has 0 radical (unpaired) electrons. The van der Waals surface area contributed by atoms with Gasteiger partial charge < -0.3 is 29.4 Å². The Hall–Kier alpha value is -4.04. The van der Waals surface area contributed by atoms with Gasteiger partial charge in [0, 0.05) is 38.8 Å². The third-order valence-corrected chi connectivity index (χ3v) is 8.09. The molecule has 3 aromatic rings. The Balaban J connectivity index is 1.54. The average molecular weight is 584 g/mol. The fourth-order valence-electron chi connectivity index (χ4n) is 5.69. The van der Waals surface area contributed by atoms with Crippen LogP contribution in [-0.4, -0.2) is 55.0 Å². The Morgan fingerprint density at radius 2 is 1.77 bits per heavy atom. The highest BCUT2D eigenvalue weighted by molar-refractivity contribution is 5.51. The van der Waals surface area contributed by atoms with Crippen LogP contribution in [0.4, 0.5) is 5.82 Å². The van der Waals surface area contributed by atoms with Crippen molar-refractivity contribution >= 4 is 5.82 Å². The summed E-state index contributed by atoms with van der Waals surface area (Å²) in [5.74, 6) is 1.86. The highest BCUT2D eigenvalue weighted by Gasteiger charge is 2.44. The zero-order chi connectivity index (χ0) is 30.5. The number of ether oxygens (including phenoxy) is 5. The molecule has 2 heterocycles. The maximum absolute atomic E-state index is 12.8. The van der Waals surface area contributed by atoms with Crippen LogP contribution in [0.5, 0.6) is 0 Å². The molecule has 2 aromatic carbocycles. The summed E-state index contributed by atoms with van der Waals surface area (Å²) < 4.78 is 32.3. The maximum Gasteiger partial charge on any atom is 0.351 e. The smallest absolute Gasteiger partial charge is 0.351 e. The molecule has 0 unspecified atom stereocenters. The number of nitrogens with zero attached hydrogens (tertiary/aromatic N) is 2. The van der Waals surface area contributed by atoms with Crippen molar-refractivity contribution in [2.24, 2.45) is 0 Å². The Morgan fingerprint density at radius 1 is 1.12 bits per heavy atom. The third kappa shape index (κ3) is 6.07. The van der Waals surface area contributed by atoms with Crippen LogP contribution >= 0.6 is 0 Å². The quantitative estimate of drug-likeness (QED) is 0.264. The van der Waals surface area contributed by atoms with Crippen LogP contribution in [0.25, 0.3) is 0 Å². The van der Waals surface area contributed by atoms with E-state index in [1.807, 2.05) is 72.8 Å². The molecule has 1 saturated heterocycles. The van der Waals surface area contributed by atoms with Crippen molar-refractivity contribution in [2.75, 3.05) is 33.2 Å². The van der Waals surface area contributed by atoms with Crippen LogP contribution in [0, 0.1) is 19.3 Å². The van der Waals surface area contributed by atoms with Gasteiger partial charge >= 0.3 is 5.69 Å². The SMILES string of the molecule is C#CCO[C@H]1C[C@H](n2cc(C)c(N)nc2=O)O[C@@H]1COC(C1=CCC(OC)(OC)C=C1)(c1ccccc1)c1ccccc1.